The summed E-state index contributed by atoms with van der Waals surface area (Å²) in [5, 5.41) is 8.20. The topological polar surface area (TPSA) is 86.7 Å². The number of rotatable bonds is 6. The highest BCUT2D eigenvalue weighted by molar-refractivity contribution is 5.58. The van der Waals surface area contributed by atoms with Crippen LogP contribution >= 0.6 is 0 Å². The second kappa shape index (κ2) is 7.12. The zero-order chi connectivity index (χ0) is 19.8. The fourth-order valence-electron chi connectivity index (χ4n) is 3.77. The Morgan fingerprint density at radius 2 is 2.07 bits per heavy atom. The lowest BCUT2D eigenvalue weighted by Gasteiger charge is -2.15. The van der Waals surface area contributed by atoms with Crippen molar-refractivity contribution in [3.05, 3.63) is 53.4 Å². The van der Waals surface area contributed by atoms with Crippen LogP contribution in [0.1, 0.15) is 23.2 Å². The first-order valence-electron chi connectivity index (χ1n) is 9.54. The van der Waals surface area contributed by atoms with Crippen molar-refractivity contribution in [3.8, 4) is 23.1 Å². The lowest BCUT2D eigenvalue weighted by Crippen LogP contribution is -2.11. The van der Waals surface area contributed by atoms with E-state index in [9.17, 15) is 0 Å². The molecule has 8 nitrogen and oxygen atoms in total. The van der Waals surface area contributed by atoms with Crippen LogP contribution in [0.4, 0.5) is 5.82 Å². The number of aryl methyl sites for hydroxylation is 1. The van der Waals surface area contributed by atoms with E-state index in [2.05, 4.69) is 15.4 Å². The molecule has 3 aromatic heterocycles. The SMILES string of the molecule is COc1ccc(OC)c(CNc2c3c(nc4nc(-c5ccco5)nn24)CCC3)c1. The number of anilines is 1. The number of aromatic nitrogens is 4. The number of fused-ring (bicyclic) bond motifs is 2. The summed E-state index contributed by atoms with van der Waals surface area (Å²) < 4.78 is 18.1. The quantitative estimate of drug-likeness (QED) is 0.538. The normalized spacial score (nSPS) is 12.9. The molecule has 8 heteroatoms. The van der Waals surface area contributed by atoms with Crippen LogP contribution in [0.5, 0.6) is 11.5 Å². The highest BCUT2D eigenvalue weighted by Crippen LogP contribution is 2.31. The lowest BCUT2D eigenvalue weighted by molar-refractivity contribution is 0.399. The van der Waals surface area contributed by atoms with Crippen molar-refractivity contribution in [2.75, 3.05) is 19.5 Å². The van der Waals surface area contributed by atoms with E-state index in [1.807, 2.05) is 30.3 Å². The first kappa shape index (κ1) is 17.5. The van der Waals surface area contributed by atoms with Gasteiger partial charge in [0.05, 0.1) is 26.2 Å². The molecule has 1 aliphatic rings. The summed E-state index contributed by atoms with van der Waals surface area (Å²) in [6, 6.07) is 9.43. The monoisotopic (exact) mass is 391 g/mol. The molecule has 148 valence electrons. The first-order valence-corrected chi connectivity index (χ1v) is 9.54. The van der Waals surface area contributed by atoms with E-state index >= 15 is 0 Å². The highest BCUT2D eigenvalue weighted by Gasteiger charge is 2.23. The molecule has 4 aromatic rings. The van der Waals surface area contributed by atoms with Gasteiger partial charge in [-0.1, -0.05) is 0 Å². The molecule has 0 aliphatic heterocycles. The van der Waals surface area contributed by atoms with Gasteiger partial charge in [0.2, 0.25) is 5.82 Å². The van der Waals surface area contributed by atoms with E-state index in [4.69, 9.17) is 18.9 Å². The molecular formula is C21H21N5O3. The molecular weight excluding hydrogens is 370 g/mol. The van der Waals surface area contributed by atoms with E-state index in [1.54, 1.807) is 25.0 Å². The van der Waals surface area contributed by atoms with Gasteiger partial charge in [0.1, 0.15) is 17.3 Å². The zero-order valence-corrected chi connectivity index (χ0v) is 16.3. The van der Waals surface area contributed by atoms with Gasteiger partial charge in [-0.05, 0) is 49.6 Å². The van der Waals surface area contributed by atoms with Crippen molar-refractivity contribution >= 4 is 11.6 Å². The number of nitrogens with one attached hydrogen (secondary N) is 1. The number of hydrogen-bond acceptors (Lipinski definition) is 7. The highest BCUT2D eigenvalue weighted by atomic mass is 16.5. The molecule has 0 spiro atoms. The third kappa shape index (κ3) is 3.06. The molecule has 1 N–H and O–H groups in total. The summed E-state index contributed by atoms with van der Waals surface area (Å²) in [7, 11) is 3.32. The zero-order valence-electron chi connectivity index (χ0n) is 16.3. The van der Waals surface area contributed by atoms with Crippen molar-refractivity contribution in [3.63, 3.8) is 0 Å². The molecule has 0 saturated heterocycles. The van der Waals surface area contributed by atoms with Crippen molar-refractivity contribution in [1.82, 2.24) is 19.6 Å². The van der Waals surface area contributed by atoms with Gasteiger partial charge in [-0.2, -0.15) is 9.50 Å². The predicted octanol–water partition coefficient (Wildman–Crippen LogP) is 3.50. The van der Waals surface area contributed by atoms with E-state index < -0.39 is 0 Å². The smallest absolute Gasteiger partial charge is 0.255 e. The molecule has 0 radical (unpaired) electrons. The minimum Gasteiger partial charge on any atom is -0.497 e. The van der Waals surface area contributed by atoms with Gasteiger partial charge in [-0.3, -0.25) is 0 Å². The maximum Gasteiger partial charge on any atom is 0.255 e. The third-order valence-corrected chi connectivity index (χ3v) is 5.19. The molecule has 0 saturated carbocycles. The van der Waals surface area contributed by atoms with E-state index in [1.165, 1.54) is 5.56 Å². The van der Waals surface area contributed by atoms with Gasteiger partial charge in [0.25, 0.3) is 5.78 Å². The average Bonchev–Trinajstić information content (AvgIpc) is 3.50. The predicted molar refractivity (Wildman–Crippen MR) is 107 cm³/mol. The van der Waals surface area contributed by atoms with Crippen LogP contribution < -0.4 is 14.8 Å². The maximum atomic E-state index is 5.51. The summed E-state index contributed by atoms with van der Waals surface area (Å²) in [6.45, 7) is 0.557. The standard InChI is InChI=1S/C21H21N5O3/c1-27-14-8-9-17(28-2)13(11-14)12-22-20-15-5-3-6-16(15)23-21-24-19(25-26(20)21)18-7-4-10-29-18/h4,7-11,22H,3,5-6,12H2,1-2H3. The summed E-state index contributed by atoms with van der Waals surface area (Å²) >= 11 is 0. The third-order valence-electron chi connectivity index (χ3n) is 5.19. The summed E-state index contributed by atoms with van der Waals surface area (Å²) in [5.74, 6) is 4.21. The molecule has 5 rings (SSSR count). The Kier molecular flexibility index (Phi) is 4.31. The number of ether oxygens (including phenoxy) is 2. The summed E-state index contributed by atoms with van der Waals surface area (Å²) in [6.07, 6.45) is 4.61. The Morgan fingerprint density at radius 1 is 1.14 bits per heavy atom. The number of methoxy groups -OCH3 is 2. The van der Waals surface area contributed by atoms with Crippen LogP contribution in [0.15, 0.2) is 41.0 Å². The Hall–Kier alpha value is -3.55. The molecule has 0 bridgehead atoms. The Bertz CT molecular complexity index is 1170. The number of hydrogen-bond donors (Lipinski definition) is 1. The number of furan rings is 1. The molecule has 0 fully saturated rings. The lowest BCUT2D eigenvalue weighted by atomic mass is 10.1. The van der Waals surface area contributed by atoms with Crippen LogP contribution in [-0.4, -0.2) is 33.8 Å². The Balaban J connectivity index is 1.56. The van der Waals surface area contributed by atoms with Crippen LogP contribution in [0.2, 0.25) is 0 Å². The van der Waals surface area contributed by atoms with Gasteiger partial charge in [-0.25, -0.2) is 4.98 Å². The van der Waals surface area contributed by atoms with Gasteiger partial charge >= 0.3 is 0 Å². The second-order valence-electron chi connectivity index (χ2n) is 6.90. The van der Waals surface area contributed by atoms with E-state index in [0.29, 0.717) is 23.9 Å². The molecule has 0 amide bonds. The second-order valence-corrected chi connectivity index (χ2v) is 6.90. The van der Waals surface area contributed by atoms with Gasteiger partial charge in [0, 0.05) is 17.7 Å². The number of benzene rings is 1. The van der Waals surface area contributed by atoms with Gasteiger partial charge < -0.3 is 19.2 Å². The van der Waals surface area contributed by atoms with Crippen LogP contribution in [-0.2, 0) is 19.4 Å². The molecule has 1 aromatic carbocycles. The van der Waals surface area contributed by atoms with Gasteiger partial charge in [-0.15, -0.1) is 5.10 Å². The van der Waals surface area contributed by atoms with Crippen molar-refractivity contribution in [1.29, 1.82) is 0 Å². The first-order chi connectivity index (χ1) is 14.3. The maximum absolute atomic E-state index is 5.51. The van der Waals surface area contributed by atoms with Crippen molar-refractivity contribution < 1.29 is 13.9 Å². The van der Waals surface area contributed by atoms with Crippen LogP contribution in [0, 0.1) is 0 Å². The minimum atomic E-state index is 0.521. The number of nitrogens with zero attached hydrogens (tertiary/aromatic N) is 4. The molecule has 29 heavy (non-hydrogen) atoms. The largest absolute Gasteiger partial charge is 0.497 e. The fraction of sp³-hybridized carbons (Fsp3) is 0.286. The van der Waals surface area contributed by atoms with Crippen molar-refractivity contribution in [2.24, 2.45) is 0 Å². The van der Waals surface area contributed by atoms with Crippen LogP contribution in [0.3, 0.4) is 0 Å². The van der Waals surface area contributed by atoms with Crippen molar-refractivity contribution in [2.45, 2.75) is 25.8 Å². The van der Waals surface area contributed by atoms with E-state index in [-0.39, 0.29) is 0 Å². The summed E-state index contributed by atoms with van der Waals surface area (Å²) in [4.78, 5) is 9.30. The molecule has 0 atom stereocenters. The summed E-state index contributed by atoms with van der Waals surface area (Å²) in [5.41, 5.74) is 3.26. The Labute approximate surface area is 167 Å². The molecule has 3 heterocycles. The van der Waals surface area contributed by atoms with E-state index in [0.717, 1.165) is 47.8 Å². The minimum absolute atomic E-state index is 0.521. The molecule has 1 aliphatic carbocycles. The van der Waals surface area contributed by atoms with Gasteiger partial charge in [0.15, 0.2) is 5.76 Å². The average molecular weight is 391 g/mol. The fourth-order valence-corrected chi connectivity index (χ4v) is 3.77. The molecule has 0 unspecified atom stereocenters. The Morgan fingerprint density at radius 3 is 2.86 bits per heavy atom. The van der Waals surface area contributed by atoms with Crippen LogP contribution in [0.25, 0.3) is 17.4 Å².